The number of hydrogen-bond donors (Lipinski definition) is 1. The lowest BCUT2D eigenvalue weighted by Crippen LogP contribution is -2.05. The molecule has 0 radical (unpaired) electrons. The standard InChI is InChI=1S/C13H14ClFN2O3S/c1-20-4-2-3-17-11-5-8(14)9(15)6-10(11)16-13(17)21-7-12(18)19/h5-6H,2-4,7H2,1H3,(H,18,19). The third kappa shape index (κ3) is 3.87. The number of aromatic nitrogens is 2. The number of methoxy groups -OCH3 is 1. The molecule has 1 aromatic carbocycles. The van der Waals surface area contributed by atoms with Crippen LogP contribution < -0.4 is 0 Å². The molecule has 0 amide bonds. The maximum absolute atomic E-state index is 13.5. The van der Waals surface area contributed by atoms with E-state index in [4.69, 9.17) is 21.4 Å². The highest BCUT2D eigenvalue weighted by molar-refractivity contribution is 7.99. The summed E-state index contributed by atoms with van der Waals surface area (Å²) in [5.74, 6) is -1.58. The van der Waals surface area contributed by atoms with Crippen LogP contribution in [0.2, 0.25) is 5.02 Å². The average molecular weight is 333 g/mol. The normalized spacial score (nSPS) is 11.2. The quantitative estimate of drug-likeness (QED) is 0.623. The number of carboxylic acids is 1. The maximum atomic E-state index is 13.5. The Morgan fingerprint density at radius 1 is 1.57 bits per heavy atom. The predicted octanol–water partition coefficient (Wildman–Crippen LogP) is 3.04. The van der Waals surface area contributed by atoms with E-state index in [0.29, 0.717) is 29.3 Å². The Hall–Kier alpha value is -1.31. The van der Waals surface area contributed by atoms with Gasteiger partial charge in [0, 0.05) is 26.3 Å². The minimum absolute atomic E-state index is 0.0187. The number of rotatable bonds is 7. The lowest BCUT2D eigenvalue weighted by molar-refractivity contribution is -0.133. The summed E-state index contributed by atoms with van der Waals surface area (Å²) in [6.45, 7) is 1.16. The van der Waals surface area contributed by atoms with E-state index in [2.05, 4.69) is 4.98 Å². The topological polar surface area (TPSA) is 64.3 Å². The maximum Gasteiger partial charge on any atom is 0.313 e. The molecular formula is C13H14ClFN2O3S. The molecule has 0 saturated heterocycles. The first-order chi connectivity index (χ1) is 10.0. The molecule has 1 aromatic heterocycles. The van der Waals surface area contributed by atoms with Crippen LogP contribution in [0.1, 0.15) is 6.42 Å². The Morgan fingerprint density at radius 3 is 3.00 bits per heavy atom. The molecule has 1 N–H and O–H groups in total. The summed E-state index contributed by atoms with van der Waals surface area (Å²) < 4.78 is 20.4. The number of carbonyl (C=O) groups is 1. The number of fused-ring (bicyclic) bond motifs is 1. The SMILES string of the molecule is COCCCn1c(SCC(=O)O)nc2cc(F)c(Cl)cc21. The fourth-order valence-corrected chi connectivity index (χ4v) is 2.84. The second kappa shape index (κ2) is 7.11. The van der Waals surface area contributed by atoms with Crippen LogP contribution in [0, 0.1) is 5.82 Å². The van der Waals surface area contributed by atoms with Crippen LogP contribution in [0.5, 0.6) is 0 Å². The second-order valence-corrected chi connectivity index (χ2v) is 5.68. The predicted molar refractivity (Wildman–Crippen MR) is 79.6 cm³/mol. The molecular weight excluding hydrogens is 319 g/mol. The number of benzene rings is 1. The summed E-state index contributed by atoms with van der Waals surface area (Å²) in [7, 11) is 1.61. The molecule has 0 aliphatic heterocycles. The number of carboxylic acid groups (broad SMARTS) is 1. The van der Waals surface area contributed by atoms with Gasteiger partial charge in [-0.05, 0) is 12.5 Å². The molecule has 2 aromatic rings. The van der Waals surface area contributed by atoms with Gasteiger partial charge in [-0.1, -0.05) is 23.4 Å². The van der Waals surface area contributed by atoms with Crippen molar-refractivity contribution in [1.29, 1.82) is 0 Å². The van der Waals surface area contributed by atoms with Gasteiger partial charge in [0.25, 0.3) is 0 Å². The first-order valence-electron chi connectivity index (χ1n) is 6.21. The molecule has 21 heavy (non-hydrogen) atoms. The molecule has 0 aliphatic rings. The molecule has 8 heteroatoms. The van der Waals surface area contributed by atoms with Crippen molar-refractivity contribution >= 4 is 40.4 Å². The van der Waals surface area contributed by atoms with Crippen LogP contribution in [0.25, 0.3) is 11.0 Å². The van der Waals surface area contributed by atoms with E-state index in [-0.39, 0.29) is 10.8 Å². The van der Waals surface area contributed by atoms with Crippen LogP contribution in [0.3, 0.4) is 0 Å². The van der Waals surface area contributed by atoms with E-state index in [1.165, 1.54) is 12.1 Å². The van der Waals surface area contributed by atoms with E-state index in [0.717, 1.165) is 18.2 Å². The second-order valence-electron chi connectivity index (χ2n) is 4.33. The number of aryl methyl sites for hydroxylation is 1. The van der Waals surface area contributed by atoms with Gasteiger partial charge in [0.15, 0.2) is 5.16 Å². The van der Waals surface area contributed by atoms with Crippen LogP contribution in [-0.4, -0.2) is 40.1 Å². The number of halogens is 2. The summed E-state index contributed by atoms with van der Waals surface area (Å²) in [6, 6.07) is 2.77. The Kier molecular flexibility index (Phi) is 5.44. The van der Waals surface area contributed by atoms with Gasteiger partial charge in [0.05, 0.1) is 21.8 Å². The first-order valence-corrected chi connectivity index (χ1v) is 7.58. The summed E-state index contributed by atoms with van der Waals surface area (Å²) in [5.41, 5.74) is 1.15. The van der Waals surface area contributed by atoms with Crippen LogP contribution >= 0.6 is 23.4 Å². The molecule has 0 fully saturated rings. The third-order valence-electron chi connectivity index (χ3n) is 2.81. The molecule has 5 nitrogen and oxygen atoms in total. The van der Waals surface area contributed by atoms with Crippen molar-refractivity contribution in [2.75, 3.05) is 19.5 Å². The molecule has 0 spiro atoms. The van der Waals surface area contributed by atoms with Gasteiger partial charge in [0.1, 0.15) is 5.82 Å². The van der Waals surface area contributed by atoms with Gasteiger partial charge in [-0.15, -0.1) is 0 Å². The van der Waals surface area contributed by atoms with Crippen LogP contribution in [0.4, 0.5) is 4.39 Å². The lowest BCUT2D eigenvalue weighted by atomic mass is 10.3. The third-order valence-corrected chi connectivity index (χ3v) is 4.06. The van der Waals surface area contributed by atoms with Gasteiger partial charge in [0.2, 0.25) is 0 Å². The Bertz CT molecular complexity index is 662. The van der Waals surface area contributed by atoms with E-state index >= 15 is 0 Å². The van der Waals surface area contributed by atoms with Crippen molar-refractivity contribution in [2.45, 2.75) is 18.1 Å². The Labute approximate surface area is 130 Å². The smallest absolute Gasteiger partial charge is 0.313 e. The van der Waals surface area contributed by atoms with Crippen molar-refractivity contribution in [3.8, 4) is 0 Å². The zero-order valence-corrected chi connectivity index (χ0v) is 12.9. The van der Waals surface area contributed by atoms with E-state index in [1.807, 2.05) is 4.57 Å². The number of aliphatic carboxylic acids is 1. The zero-order valence-electron chi connectivity index (χ0n) is 11.3. The van der Waals surface area contributed by atoms with Crippen molar-refractivity contribution in [3.63, 3.8) is 0 Å². The monoisotopic (exact) mass is 332 g/mol. The van der Waals surface area contributed by atoms with Crippen molar-refractivity contribution in [2.24, 2.45) is 0 Å². The van der Waals surface area contributed by atoms with Crippen LogP contribution in [-0.2, 0) is 16.1 Å². The lowest BCUT2D eigenvalue weighted by Gasteiger charge is -2.08. The minimum Gasteiger partial charge on any atom is -0.481 e. The van der Waals surface area contributed by atoms with Gasteiger partial charge in [-0.25, -0.2) is 9.37 Å². The number of nitrogens with zero attached hydrogens (tertiary/aromatic N) is 2. The van der Waals surface area contributed by atoms with Crippen LogP contribution in [0.15, 0.2) is 17.3 Å². The highest BCUT2D eigenvalue weighted by atomic mass is 35.5. The van der Waals surface area contributed by atoms with Crippen molar-refractivity contribution in [1.82, 2.24) is 9.55 Å². The summed E-state index contributed by atoms with van der Waals surface area (Å²) in [5, 5.41) is 9.34. The molecule has 114 valence electrons. The number of imidazole rings is 1. The van der Waals surface area contributed by atoms with Gasteiger partial charge in [-0.3, -0.25) is 4.79 Å². The zero-order chi connectivity index (χ0) is 15.4. The average Bonchev–Trinajstić information content (AvgIpc) is 2.75. The summed E-state index contributed by atoms with van der Waals surface area (Å²) in [6.07, 6.45) is 0.734. The fourth-order valence-electron chi connectivity index (χ4n) is 1.92. The molecule has 2 rings (SSSR count). The number of thioether (sulfide) groups is 1. The van der Waals surface area contributed by atoms with E-state index in [1.54, 1.807) is 7.11 Å². The van der Waals surface area contributed by atoms with E-state index in [9.17, 15) is 9.18 Å². The summed E-state index contributed by atoms with van der Waals surface area (Å²) >= 11 is 6.91. The molecule has 1 heterocycles. The first kappa shape index (κ1) is 16.1. The minimum atomic E-state index is -0.931. The fraction of sp³-hybridized carbons (Fsp3) is 0.385. The molecule has 0 saturated carbocycles. The van der Waals surface area contributed by atoms with Gasteiger partial charge in [-0.2, -0.15) is 0 Å². The number of ether oxygens (including phenoxy) is 1. The van der Waals surface area contributed by atoms with E-state index < -0.39 is 11.8 Å². The highest BCUT2D eigenvalue weighted by Gasteiger charge is 2.15. The van der Waals surface area contributed by atoms with Crippen molar-refractivity contribution in [3.05, 3.63) is 23.0 Å². The Balaban J connectivity index is 2.39. The largest absolute Gasteiger partial charge is 0.481 e. The molecule has 0 atom stereocenters. The van der Waals surface area contributed by atoms with Gasteiger partial charge < -0.3 is 14.4 Å². The molecule has 0 aliphatic carbocycles. The molecule has 0 unspecified atom stereocenters. The van der Waals surface area contributed by atoms with Crippen molar-refractivity contribution < 1.29 is 19.0 Å². The number of hydrogen-bond acceptors (Lipinski definition) is 4. The summed E-state index contributed by atoms with van der Waals surface area (Å²) in [4.78, 5) is 15.0. The molecule has 0 bridgehead atoms. The highest BCUT2D eigenvalue weighted by Crippen LogP contribution is 2.28. The van der Waals surface area contributed by atoms with Gasteiger partial charge >= 0.3 is 5.97 Å². The Morgan fingerprint density at radius 2 is 2.33 bits per heavy atom.